The average molecular weight is 499 g/mol. The van der Waals surface area contributed by atoms with Gasteiger partial charge in [-0.25, -0.2) is 0 Å². The summed E-state index contributed by atoms with van der Waals surface area (Å²) in [5, 5.41) is 4.44. The number of hydrogen-bond acceptors (Lipinski definition) is 0. The van der Waals surface area contributed by atoms with E-state index in [2.05, 4.69) is 139 Å². The van der Waals surface area contributed by atoms with Gasteiger partial charge in [0.25, 0.3) is 0 Å². The molecule has 192 valence electrons. The van der Waals surface area contributed by atoms with Gasteiger partial charge in [0.05, 0.1) is 0 Å². The van der Waals surface area contributed by atoms with E-state index in [1.807, 2.05) is 6.08 Å². The molecule has 0 aliphatic rings. The number of rotatable bonds is 11. The van der Waals surface area contributed by atoms with E-state index < -0.39 is 7.26 Å². The van der Waals surface area contributed by atoms with Crippen molar-refractivity contribution in [2.75, 3.05) is 6.16 Å². The SMILES string of the molecule is C=Cc1ccc([PH](C/C(=C\CCC(C)(C)C)CC(C)(C)CC)(c2ccccc2)c2ccccc2)cc1. The Labute approximate surface area is 221 Å². The van der Waals surface area contributed by atoms with Crippen molar-refractivity contribution in [3.05, 3.63) is 109 Å². The van der Waals surface area contributed by atoms with Crippen molar-refractivity contribution in [3.8, 4) is 0 Å². The number of hydrogen-bond donors (Lipinski definition) is 0. The van der Waals surface area contributed by atoms with E-state index in [1.54, 1.807) is 5.57 Å². The molecule has 0 radical (unpaired) electrons. The summed E-state index contributed by atoms with van der Waals surface area (Å²) in [6.07, 6.45) is 10.3. The third-order valence-electron chi connectivity index (χ3n) is 7.65. The van der Waals surface area contributed by atoms with Crippen molar-refractivity contribution in [2.24, 2.45) is 10.8 Å². The van der Waals surface area contributed by atoms with Gasteiger partial charge in [-0.3, -0.25) is 0 Å². The molecule has 0 aromatic heterocycles. The van der Waals surface area contributed by atoms with E-state index in [4.69, 9.17) is 0 Å². The molecule has 0 amide bonds. The van der Waals surface area contributed by atoms with E-state index >= 15 is 0 Å². The molecule has 3 aromatic carbocycles. The van der Waals surface area contributed by atoms with Gasteiger partial charge < -0.3 is 0 Å². The quantitative estimate of drug-likeness (QED) is 0.183. The van der Waals surface area contributed by atoms with Gasteiger partial charge in [-0.05, 0) is 0 Å². The van der Waals surface area contributed by atoms with Crippen LogP contribution < -0.4 is 15.9 Å². The van der Waals surface area contributed by atoms with Crippen LogP contribution >= 0.6 is 7.26 Å². The van der Waals surface area contributed by atoms with Gasteiger partial charge >= 0.3 is 222 Å². The third-order valence-corrected chi connectivity index (χ3v) is 12.6. The van der Waals surface area contributed by atoms with Gasteiger partial charge in [-0.1, -0.05) is 0 Å². The Morgan fingerprint density at radius 3 is 1.69 bits per heavy atom. The predicted molar refractivity (Wildman–Crippen MR) is 167 cm³/mol. The molecule has 3 aromatic rings. The van der Waals surface area contributed by atoms with Crippen molar-refractivity contribution >= 4 is 29.3 Å². The van der Waals surface area contributed by atoms with Crippen LogP contribution in [0.2, 0.25) is 0 Å². The summed E-state index contributed by atoms with van der Waals surface area (Å²) in [5.74, 6) is 0. The van der Waals surface area contributed by atoms with Crippen LogP contribution in [0.4, 0.5) is 0 Å². The first kappa shape index (κ1) is 28.1. The average Bonchev–Trinajstić information content (AvgIpc) is 2.87. The molecule has 1 heteroatoms. The van der Waals surface area contributed by atoms with Crippen molar-refractivity contribution in [1.82, 2.24) is 0 Å². The van der Waals surface area contributed by atoms with Gasteiger partial charge in [0.1, 0.15) is 0 Å². The Morgan fingerprint density at radius 1 is 0.750 bits per heavy atom. The molecule has 0 heterocycles. The summed E-state index contributed by atoms with van der Waals surface area (Å²) < 4.78 is 0. The first-order valence-electron chi connectivity index (χ1n) is 13.6. The molecule has 36 heavy (non-hydrogen) atoms. The van der Waals surface area contributed by atoms with Crippen molar-refractivity contribution in [3.63, 3.8) is 0 Å². The molecule has 0 saturated carbocycles. The van der Waals surface area contributed by atoms with E-state index in [-0.39, 0.29) is 5.41 Å². The van der Waals surface area contributed by atoms with E-state index in [0.29, 0.717) is 5.41 Å². The van der Waals surface area contributed by atoms with E-state index in [9.17, 15) is 0 Å². The molecular formula is C35H47P. The minimum absolute atomic E-state index is 0.285. The molecule has 0 unspecified atom stereocenters. The first-order valence-corrected chi connectivity index (χ1v) is 15.8. The second-order valence-corrected chi connectivity index (χ2v) is 16.2. The van der Waals surface area contributed by atoms with Crippen LogP contribution in [0.25, 0.3) is 6.08 Å². The molecule has 0 fully saturated rings. The molecule has 3 rings (SSSR count). The monoisotopic (exact) mass is 498 g/mol. The standard InChI is InChI=1S/C35H47P/c1-8-29-22-24-33(25-23-29)36(31-18-12-10-13-19-31,32-20-14-11-15-21-32)28-30(27-35(6,7)9-2)17-16-26-34(3,4)5/h8,10-15,17-25,36H,1,9,16,26-28H2,2-7H3/b30-17-. The van der Waals surface area contributed by atoms with Gasteiger partial charge in [-0.2, -0.15) is 0 Å². The first-order chi connectivity index (χ1) is 17.1. The molecule has 0 bridgehead atoms. The summed E-state index contributed by atoms with van der Waals surface area (Å²) in [7, 11) is -2.33. The summed E-state index contributed by atoms with van der Waals surface area (Å²) in [4.78, 5) is 0. The Hall–Kier alpha value is -2.43. The Morgan fingerprint density at radius 2 is 1.25 bits per heavy atom. The fourth-order valence-electron chi connectivity index (χ4n) is 5.15. The van der Waals surface area contributed by atoms with Gasteiger partial charge in [0, 0.05) is 0 Å². The van der Waals surface area contributed by atoms with Crippen LogP contribution in [-0.4, -0.2) is 6.16 Å². The van der Waals surface area contributed by atoms with Gasteiger partial charge in [-0.15, -0.1) is 0 Å². The zero-order valence-corrected chi connectivity index (χ0v) is 24.5. The fourth-order valence-corrected chi connectivity index (χ4v) is 9.97. The molecule has 0 nitrogen and oxygen atoms in total. The van der Waals surface area contributed by atoms with Gasteiger partial charge in [0.2, 0.25) is 0 Å². The molecule has 0 atom stereocenters. The topological polar surface area (TPSA) is 0 Å². The van der Waals surface area contributed by atoms with Crippen LogP contribution in [0.5, 0.6) is 0 Å². The van der Waals surface area contributed by atoms with Crippen molar-refractivity contribution in [1.29, 1.82) is 0 Å². The molecular weight excluding hydrogens is 451 g/mol. The van der Waals surface area contributed by atoms with Crippen molar-refractivity contribution in [2.45, 2.75) is 67.2 Å². The van der Waals surface area contributed by atoms with E-state index in [1.165, 1.54) is 34.3 Å². The summed E-state index contributed by atoms with van der Waals surface area (Å²) in [5.41, 5.74) is 3.43. The second kappa shape index (κ2) is 12.2. The summed E-state index contributed by atoms with van der Waals surface area (Å²) in [6.45, 7) is 18.2. The number of allylic oxidation sites excluding steroid dienone is 2. The molecule has 0 aliphatic carbocycles. The van der Waals surface area contributed by atoms with Crippen LogP contribution in [0.1, 0.15) is 72.8 Å². The minimum atomic E-state index is -2.33. The third kappa shape index (κ3) is 7.30. The zero-order valence-electron chi connectivity index (χ0n) is 23.5. The van der Waals surface area contributed by atoms with Crippen LogP contribution in [0, 0.1) is 10.8 Å². The molecule has 0 spiro atoms. The predicted octanol–water partition coefficient (Wildman–Crippen LogP) is 8.93. The Balaban J connectivity index is 2.24. The molecule has 0 N–H and O–H groups in total. The van der Waals surface area contributed by atoms with Gasteiger partial charge in [0.15, 0.2) is 0 Å². The fraction of sp³-hybridized carbons (Fsp3) is 0.371. The molecule has 0 aliphatic heterocycles. The summed E-state index contributed by atoms with van der Waals surface area (Å²) >= 11 is 0. The van der Waals surface area contributed by atoms with Crippen LogP contribution in [-0.2, 0) is 0 Å². The Kier molecular flexibility index (Phi) is 9.54. The zero-order chi connectivity index (χ0) is 26.2. The number of benzene rings is 3. The normalized spacial score (nSPS) is 13.4. The summed E-state index contributed by atoms with van der Waals surface area (Å²) in [6, 6.07) is 31.9. The Bertz CT molecular complexity index is 1070. The van der Waals surface area contributed by atoms with Crippen LogP contribution in [0.15, 0.2) is 103 Å². The maximum absolute atomic E-state index is 3.99. The van der Waals surface area contributed by atoms with Crippen molar-refractivity contribution < 1.29 is 0 Å². The molecule has 0 saturated heterocycles. The van der Waals surface area contributed by atoms with Crippen LogP contribution in [0.3, 0.4) is 0 Å². The second-order valence-electron chi connectivity index (χ2n) is 12.3. The maximum atomic E-state index is 3.99. The van der Waals surface area contributed by atoms with E-state index in [0.717, 1.165) is 19.0 Å².